The Bertz CT molecular complexity index is 399. The van der Waals surface area contributed by atoms with Crippen molar-refractivity contribution < 1.29 is 14.3 Å². The Morgan fingerprint density at radius 2 is 2.25 bits per heavy atom. The fourth-order valence-electron chi connectivity index (χ4n) is 1.44. The van der Waals surface area contributed by atoms with E-state index in [-0.39, 0.29) is 0 Å². The number of methoxy groups -OCH3 is 1. The monoisotopic (exact) mass is 221 g/mol. The van der Waals surface area contributed by atoms with Gasteiger partial charge in [-0.3, -0.25) is 0 Å². The number of carbonyl (C=O) groups excluding carboxylic acids is 1. The van der Waals surface area contributed by atoms with Crippen LogP contribution in [0.25, 0.3) is 0 Å². The van der Waals surface area contributed by atoms with Crippen LogP contribution in [-0.2, 0) is 4.74 Å². The van der Waals surface area contributed by atoms with Crippen molar-refractivity contribution in [3.05, 3.63) is 23.8 Å². The first-order valence-electron chi connectivity index (χ1n) is 5.31. The van der Waals surface area contributed by atoms with Crippen molar-refractivity contribution in [2.24, 2.45) is 5.92 Å². The summed E-state index contributed by atoms with van der Waals surface area (Å²) >= 11 is 0. The van der Waals surface area contributed by atoms with E-state index < -0.39 is 5.97 Å². The molecule has 1 saturated carbocycles. The molecular weight excluding hydrogens is 206 g/mol. The van der Waals surface area contributed by atoms with E-state index in [4.69, 9.17) is 10.5 Å². The summed E-state index contributed by atoms with van der Waals surface area (Å²) in [5, 5.41) is 0. The molecule has 1 fully saturated rings. The molecule has 1 aromatic carbocycles. The molecular formula is C12H15NO3. The van der Waals surface area contributed by atoms with Gasteiger partial charge in [-0.1, -0.05) is 0 Å². The first-order valence-corrected chi connectivity index (χ1v) is 5.31. The molecule has 2 rings (SSSR count). The Morgan fingerprint density at radius 1 is 1.50 bits per heavy atom. The Morgan fingerprint density at radius 3 is 2.88 bits per heavy atom. The van der Waals surface area contributed by atoms with Gasteiger partial charge in [-0.05, 0) is 37.0 Å². The molecule has 0 saturated heterocycles. The predicted octanol–water partition coefficient (Wildman–Crippen LogP) is 1.84. The largest absolute Gasteiger partial charge is 0.492 e. The maximum absolute atomic E-state index is 11.5. The standard InChI is InChI=1S/C12H15NO3/c1-15-12(14)10-6-9(13)4-5-11(10)16-7-8-2-3-8/h4-6,8H,2-3,7,13H2,1H3. The molecule has 0 spiro atoms. The van der Waals surface area contributed by atoms with Crippen LogP contribution in [0.2, 0.25) is 0 Å². The predicted molar refractivity (Wildman–Crippen MR) is 60.4 cm³/mol. The van der Waals surface area contributed by atoms with E-state index in [2.05, 4.69) is 4.74 Å². The van der Waals surface area contributed by atoms with Crippen molar-refractivity contribution in [3.63, 3.8) is 0 Å². The molecule has 2 N–H and O–H groups in total. The molecule has 86 valence electrons. The van der Waals surface area contributed by atoms with Gasteiger partial charge in [-0.15, -0.1) is 0 Å². The molecule has 0 bridgehead atoms. The Balaban J connectivity index is 2.16. The summed E-state index contributed by atoms with van der Waals surface area (Å²) in [5.74, 6) is 0.772. The number of hydrogen-bond donors (Lipinski definition) is 1. The topological polar surface area (TPSA) is 61.5 Å². The van der Waals surface area contributed by atoms with E-state index in [1.165, 1.54) is 20.0 Å². The summed E-state index contributed by atoms with van der Waals surface area (Å²) < 4.78 is 10.3. The fraction of sp³-hybridized carbons (Fsp3) is 0.417. The summed E-state index contributed by atoms with van der Waals surface area (Å²) in [7, 11) is 1.34. The molecule has 4 heteroatoms. The molecule has 0 unspecified atom stereocenters. The van der Waals surface area contributed by atoms with Crippen molar-refractivity contribution in [1.82, 2.24) is 0 Å². The minimum atomic E-state index is -0.418. The van der Waals surface area contributed by atoms with Crippen molar-refractivity contribution in [2.75, 3.05) is 19.5 Å². The van der Waals surface area contributed by atoms with Gasteiger partial charge in [-0.25, -0.2) is 4.79 Å². The van der Waals surface area contributed by atoms with Crippen LogP contribution in [0.4, 0.5) is 5.69 Å². The highest BCUT2D eigenvalue weighted by Gasteiger charge is 2.23. The number of anilines is 1. The smallest absolute Gasteiger partial charge is 0.341 e. The van der Waals surface area contributed by atoms with Crippen LogP contribution in [0, 0.1) is 5.92 Å². The van der Waals surface area contributed by atoms with Gasteiger partial charge in [0.25, 0.3) is 0 Å². The van der Waals surface area contributed by atoms with Gasteiger partial charge in [0.15, 0.2) is 0 Å². The second-order valence-electron chi connectivity index (χ2n) is 4.00. The third-order valence-corrected chi connectivity index (χ3v) is 2.58. The summed E-state index contributed by atoms with van der Waals surface area (Å²) in [5.41, 5.74) is 6.54. The maximum atomic E-state index is 11.5. The zero-order valence-corrected chi connectivity index (χ0v) is 9.23. The van der Waals surface area contributed by atoms with E-state index in [1.54, 1.807) is 18.2 Å². The highest BCUT2D eigenvalue weighted by atomic mass is 16.5. The van der Waals surface area contributed by atoms with Crippen molar-refractivity contribution in [1.29, 1.82) is 0 Å². The molecule has 16 heavy (non-hydrogen) atoms. The second-order valence-corrected chi connectivity index (χ2v) is 4.00. The number of nitrogen functional groups attached to an aromatic ring is 1. The molecule has 1 aliphatic rings. The first kappa shape index (κ1) is 10.8. The number of benzene rings is 1. The van der Waals surface area contributed by atoms with Crippen LogP contribution in [0.15, 0.2) is 18.2 Å². The minimum absolute atomic E-state index is 0.392. The lowest BCUT2D eigenvalue weighted by Crippen LogP contribution is -2.08. The minimum Gasteiger partial charge on any atom is -0.492 e. The maximum Gasteiger partial charge on any atom is 0.341 e. The average molecular weight is 221 g/mol. The van der Waals surface area contributed by atoms with Gasteiger partial charge in [0.1, 0.15) is 11.3 Å². The highest BCUT2D eigenvalue weighted by Crippen LogP contribution is 2.31. The Hall–Kier alpha value is -1.71. The summed E-state index contributed by atoms with van der Waals surface area (Å²) in [6.45, 7) is 0.661. The molecule has 0 radical (unpaired) electrons. The van der Waals surface area contributed by atoms with Gasteiger partial charge < -0.3 is 15.2 Å². The van der Waals surface area contributed by atoms with E-state index in [9.17, 15) is 4.79 Å². The number of rotatable bonds is 4. The number of carbonyl (C=O) groups is 1. The number of nitrogens with two attached hydrogens (primary N) is 1. The van der Waals surface area contributed by atoms with E-state index in [0.29, 0.717) is 29.5 Å². The van der Waals surface area contributed by atoms with Crippen molar-refractivity contribution in [3.8, 4) is 5.75 Å². The van der Waals surface area contributed by atoms with Gasteiger partial charge >= 0.3 is 5.97 Å². The SMILES string of the molecule is COC(=O)c1cc(N)ccc1OCC1CC1. The third-order valence-electron chi connectivity index (χ3n) is 2.58. The van der Waals surface area contributed by atoms with Crippen LogP contribution in [0.3, 0.4) is 0 Å². The van der Waals surface area contributed by atoms with Gasteiger partial charge in [0, 0.05) is 5.69 Å². The summed E-state index contributed by atoms with van der Waals surface area (Å²) in [6, 6.07) is 5.01. The Labute approximate surface area is 94.3 Å². The molecule has 1 aromatic rings. The van der Waals surface area contributed by atoms with Crippen LogP contribution >= 0.6 is 0 Å². The fourth-order valence-corrected chi connectivity index (χ4v) is 1.44. The summed E-state index contributed by atoms with van der Waals surface area (Å²) in [4.78, 5) is 11.5. The molecule has 0 aromatic heterocycles. The second kappa shape index (κ2) is 4.43. The molecule has 0 heterocycles. The van der Waals surface area contributed by atoms with E-state index >= 15 is 0 Å². The van der Waals surface area contributed by atoms with Crippen molar-refractivity contribution in [2.45, 2.75) is 12.8 Å². The zero-order valence-electron chi connectivity index (χ0n) is 9.23. The number of hydrogen-bond acceptors (Lipinski definition) is 4. The lowest BCUT2D eigenvalue weighted by molar-refractivity contribution is 0.0596. The van der Waals surface area contributed by atoms with E-state index in [1.807, 2.05) is 0 Å². The van der Waals surface area contributed by atoms with E-state index in [0.717, 1.165) is 0 Å². The van der Waals surface area contributed by atoms with Gasteiger partial charge in [-0.2, -0.15) is 0 Å². The van der Waals surface area contributed by atoms with Crippen molar-refractivity contribution >= 4 is 11.7 Å². The zero-order chi connectivity index (χ0) is 11.5. The van der Waals surface area contributed by atoms with Gasteiger partial charge in [0.05, 0.1) is 13.7 Å². The lowest BCUT2D eigenvalue weighted by atomic mass is 10.2. The normalized spacial score (nSPS) is 14.6. The quantitative estimate of drug-likeness (QED) is 0.622. The van der Waals surface area contributed by atoms with Crippen LogP contribution in [0.1, 0.15) is 23.2 Å². The van der Waals surface area contributed by atoms with Crippen LogP contribution < -0.4 is 10.5 Å². The lowest BCUT2D eigenvalue weighted by Gasteiger charge is -2.10. The molecule has 0 amide bonds. The molecule has 4 nitrogen and oxygen atoms in total. The average Bonchev–Trinajstić information content (AvgIpc) is 3.10. The van der Waals surface area contributed by atoms with Crippen LogP contribution in [-0.4, -0.2) is 19.7 Å². The number of esters is 1. The highest BCUT2D eigenvalue weighted by molar-refractivity contribution is 5.93. The summed E-state index contributed by atoms with van der Waals surface area (Å²) in [6.07, 6.45) is 2.42. The molecule has 0 atom stereocenters. The Kier molecular flexibility index (Phi) is 2.99. The third kappa shape index (κ3) is 2.45. The van der Waals surface area contributed by atoms with Crippen LogP contribution in [0.5, 0.6) is 5.75 Å². The number of ether oxygens (including phenoxy) is 2. The molecule has 0 aliphatic heterocycles. The molecule has 1 aliphatic carbocycles. The first-order chi connectivity index (χ1) is 7.70. The van der Waals surface area contributed by atoms with Gasteiger partial charge in [0.2, 0.25) is 0 Å².